The van der Waals surface area contributed by atoms with E-state index in [4.69, 9.17) is 4.74 Å². The van der Waals surface area contributed by atoms with E-state index in [0.717, 1.165) is 0 Å². The number of aliphatic hydroxyl groups excluding tert-OH is 1. The van der Waals surface area contributed by atoms with Crippen molar-refractivity contribution in [3.8, 4) is 0 Å². The number of amides is 2. The lowest BCUT2D eigenvalue weighted by Crippen LogP contribution is -2.63. The largest absolute Gasteiger partial charge is 0.477 e. The van der Waals surface area contributed by atoms with E-state index in [1.165, 1.54) is 16.7 Å². The van der Waals surface area contributed by atoms with E-state index in [2.05, 4.69) is 10.6 Å². The molecule has 4 N–H and O–H groups in total. The van der Waals surface area contributed by atoms with Crippen molar-refractivity contribution in [3.05, 3.63) is 10.6 Å². The molecule has 2 amide bonds. The van der Waals surface area contributed by atoms with Crippen LogP contribution in [0.15, 0.2) is 10.6 Å². The van der Waals surface area contributed by atoms with Crippen molar-refractivity contribution in [1.29, 1.82) is 0 Å². The molecule has 0 radical (unpaired) electrons. The van der Waals surface area contributed by atoms with Gasteiger partial charge in [0.25, 0.3) is 0 Å². The first kappa shape index (κ1) is 21.1. The fourth-order valence-electron chi connectivity index (χ4n) is 4.21. The first-order valence-electron chi connectivity index (χ1n) is 9.44. The zero-order valence-corrected chi connectivity index (χ0v) is 17.0. The third kappa shape index (κ3) is 3.78. The molecule has 2 unspecified atom stereocenters. The van der Waals surface area contributed by atoms with Crippen molar-refractivity contribution in [1.82, 2.24) is 15.5 Å². The summed E-state index contributed by atoms with van der Waals surface area (Å²) in [6, 6.07) is -0.306. The molecule has 156 valence electrons. The molecule has 0 aromatic rings. The smallest absolute Gasteiger partial charge is 0.353 e. The molecule has 3 aliphatic heterocycles. The van der Waals surface area contributed by atoms with Crippen LogP contribution >= 0.6 is 11.8 Å². The second-order valence-electron chi connectivity index (χ2n) is 7.54. The van der Waals surface area contributed by atoms with Crippen LogP contribution in [0.3, 0.4) is 0 Å². The van der Waals surface area contributed by atoms with Gasteiger partial charge in [-0.2, -0.15) is 0 Å². The lowest BCUT2D eigenvalue weighted by Gasteiger charge is -2.46. The van der Waals surface area contributed by atoms with Gasteiger partial charge in [0.05, 0.1) is 37.3 Å². The number of fused-ring (bicyclic) bond motifs is 1. The third-order valence-electron chi connectivity index (χ3n) is 5.51. The van der Waals surface area contributed by atoms with Crippen LogP contribution in [0.25, 0.3) is 0 Å². The maximum Gasteiger partial charge on any atom is 0.353 e. The second kappa shape index (κ2) is 8.40. The monoisotopic (exact) mass is 413 g/mol. The number of carboxylic acids is 1. The number of hydrogen-bond acceptors (Lipinski definition) is 7. The number of likely N-dealkylation sites (N-methyl/N-ethyl adjacent to an activating group) is 1. The first-order chi connectivity index (χ1) is 13.3. The predicted octanol–water partition coefficient (Wildman–Crippen LogP) is -0.634. The summed E-state index contributed by atoms with van der Waals surface area (Å²) in [4.78, 5) is 37.8. The van der Waals surface area contributed by atoms with E-state index in [0.29, 0.717) is 24.5 Å². The number of rotatable bonds is 8. The number of β-lactam (4-membered cyclic amide) rings is 1. The number of carboxylic acid groups (broad SMARTS) is 1. The molecule has 9 nitrogen and oxygen atoms in total. The summed E-state index contributed by atoms with van der Waals surface area (Å²) < 4.78 is 5.74. The molecule has 2 fully saturated rings. The molecular formula is C18H27N3O6S. The van der Waals surface area contributed by atoms with Gasteiger partial charge in [-0.25, -0.2) is 4.79 Å². The van der Waals surface area contributed by atoms with Gasteiger partial charge in [-0.3, -0.25) is 9.59 Å². The fraction of sp³-hybridized carbons (Fsp3) is 0.722. The van der Waals surface area contributed by atoms with Crippen molar-refractivity contribution >= 4 is 29.5 Å². The number of nitrogens with zero attached hydrogens (tertiary/aromatic N) is 1. The Morgan fingerprint density at radius 2 is 2.14 bits per heavy atom. The van der Waals surface area contributed by atoms with Crippen LogP contribution < -0.4 is 10.6 Å². The highest BCUT2D eigenvalue weighted by atomic mass is 32.2. The molecule has 0 aliphatic carbocycles. The number of carbonyl (C=O) groups excluding carboxylic acids is 2. The molecule has 0 spiro atoms. The average molecular weight is 413 g/mol. The number of nitrogens with one attached hydrogen (secondary N) is 2. The van der Waals surface area contributed by atoms with Gasteiger partial charge < -0.3 is 30.5 Å². The third-order valence-corrected chi connectivity index (χ3v) is 6.99. The zero-order valence-electron chi connectivity index (χ0n) is 16.2. The maximum atomic E-state index is 12.4. The molecule has 28 heavy (non-hydrogen) atoms. The van der Waals surface area contributed by atoms with Crippen molar-refractivity contribution < 1.29 is 29.3 Å². The standard InChI is InChI=1S/C18H27N3O6S/c1-8-14-13(9(2)22)17(24)21(14)15(18(25)26)16(8)28-11-4-10(27-7-11)5-20-12(23)6-19-3/h8-11,13-14,19,22H,4-7H2,1-3H3,(H,20,23)(H,25,26)/t8-,9-,10?,11?,13-,14-/m1/s1. The molecule has 0 aromatic carbocycles. The van der Waals surface area contributed by atoms with Gasteiger partial charge in [0, 0.05) is 22.6 Å². The van der Waals surface area contributed by atoms with E-state index in [-0.39, 0.29) is 47.4 Å². The van der Waals surface area contributed by atoms with Gasteiger partial charge >= 0.3 is 5.97 Å². The molecule has 0 saturated carbocycles. The molecule has 2 saturated heterocycles. The predicted molar refractivity (Wildman–Crippen MR) is 102 cm³/mol. The minimum absolute atomic E-state index is 0.0372. The minimum Gasteiger partial charge on any atom is -0.477 e. The van der Waals surface area contributed by atoms with Gasteiger partial charge in [0.1, 0.15) is 5.70 Å². The Hall–Kier alpha value is -1.62. The second-order valence-corrected chi connectivity index (χ2v) is 8.88. The van der Waals surface area contributed by atoms with E-state index in [1.807, 2.05) is 6.92 Å². The lowest BCUT2D eigenvalue weighted by molar-refractivity contribution is -0.163. The van der Waals surface area contributed by atoms with Crippen molar-refractivity contribution in [2.75, 3.05) is 26.7 Å². The highest BCUT2D eigenvalue weighted by Gasteiger charge is 2.60. The molecule has 0 aromatic heterocycles. The SMILES string of the molecule is CNCC(=O)NCC1CC(SC2=C(C(=O)O)N3C(=O)[C@H]([C@@H](C)O)[C@H]3[C@H]2C)CO1. The molecular weight excluding hydrogens is 386 g/mol. The highest BCUT2D eigenvalue weighted by Crippen LogP contribution is 2.52. The van der Waals surface area contributed by atoms with Gasteiger partial charge in [0.15, 0.2) is 0 Å². The van der Waals surface area contributed by atoms with Gasteiger partial charge in [0.2, 0.25) is 11.8 Å². The van der Waals surface area contributed by atoms with E-state index < -0.39 is 18.0 Å². The van der Waals surface area contributed by atoms with E-state index >= 15 is 0 Å². The molecule has 3 aliphatic rings. The lowest BCUT2D eigenvalue weighted by atomic mass is 9.79. The number of carbonyl (C=O) groups is 3. The summed E-state index contributed by atoms with van der Waals surface area (Å²) in [6.07, 6.45) is -0.240. The Labute approximate surface area is 167 Å². The summed E-state index contributed by atoms with van der Waals surface area (Å²) in [5.41, 5.74) is 0.0372. The van der Waals surface area contributed by atoms with Crippen LogP contribution in [0.1, 0.15) is 20.3 Å². The minimum atomic E-state index is -1.12. The van der Waals surface area contributed by atoms with E-state index in [1.54, 1.807) is 14.0 Å². The Bertz CT molecular complexity index is 697. The number of thioether (sulfide) groups is 1. The number of aliphatic carboxylic acids is 1. The molecule has 3 rings (SSSR count). The Morgan fingerprint density at radius 3 is 2.75 bits per heavy atom. The molecule has 3 heterocycles. The van der Waals surface area contributed by atoms with Gasteiger partial charge in [-0.15, -0.1) is 11.8 Å². The van der Waals surface area contributed by atoms with Crippen molar-refractivity contribution in [2.45, 2.75) is 43.8 Å². The van der Waals surface area contributed by atoms with Gasteiger partial charge in [-0.1, -0.05) is 6.92 Å². The summed E-state index contributed by atoms with van der Waals surface area (Å²) in [5, 5.41) is 25.2. The average Bonchev–Trinajstić information content (AvgIpc) is 3.15. The molecule has 6 atom stereocenters. The van der Waals surface area contributed by atoms with Crippen molar-refractivity contribution in [3.63, 3.8) is 0 Å². The van der Waals surface area contributed by atoms with Crippen LogP contribution in [-0.4, -0.2) is 83.1 Å². The van der Waals surface area contributed by atoms with Crippen molar-refractivity contribution in [2.24, 2.45) is 11.8 Å². The quantitative estimate of drug-likeness (QED) is 0.387. The van der Waals surface area contributed by atoms with Crippen LogP contribution in [0, 0.1) is 11.8 Å². The van der Waals surface area contributed by atoms with Crippen LogP contribution in [0.2, 0.25) is 0 Å². The normalized spacial score (nSPS) is 32.9. The Morgan fingerprint density at radius 1 is 1.43 bits per heavy atom. The summed E-state index contributed by atoms with van der Waals surface area (Å²) in [7, 11) is 1.70. The van der Waals surface area contributed by atoms with Crippen LogP contribution in [0.5, 0.6) is 0 Å². The molecule has 0 bridgehead atoms. The zero-order chi connectivity index (χ0) is 20.6. The number of hydrogen-bond donors (Lipinski definition) is 4. The van der Waals surface area contributed by atoms with Gasteiger partial charge in [-0.05, 0) is 20.4 Å². The fourth-order valence-corrected chi connectivity index (χ4v) is 5.67. The highest BCUT2D eigenvalue weighted by molar-refractivity contribution is 8.03. The van der Waals surface area contributed by atoms with Crippen LogP contribution in [-0.2, 0) is 19.1 Å². The number of aliphatic hydroxyl groups is 1. The summed E-state index contributed by atoms with van der Waals surface area (Å²) in [5.74, 6) is -2.26. The topological polar surface area (TPSA) is 128 Å². The van der Waals surface area contributed by atoms with Crippen LogP contribution in [0.4, 0.5) is 0 Å². The Kier molecular flexibility index (Phi) is 6.33. The number of ether oxygens (including phenoxy) is 1. The molecule has 10 heteroatoms. The first-order valence-corrected chi connectivity index (χ1v) is 10.3. The maximum absolute atomic E-state index is 12.4. The Balaban J connectivity index is 1.64. The summed E-state index contributed by atoms with van der Waals surface area (Å²) >= 11 is 1.44. The van der Waals surface area contributed by atoms with E-state index in [9.17, 15) is 24.6 Å². The summed E-state index contributed by atoms with van der Waals surface area (Å²) in [6.45, 7) is 4.58.